The molecule has 1 heterocycles. The molecule has 21 heavy (non-hydrogen) atoms. The average molecular weight is 295 g/mol. The maximum atomic E-state index is 10.5. The number of hydrogen-bond acceptors (Lipinski definition) is 6. The topological polar surface area (TPSA) is 129 Å². The van der Waals surface area contributed by atoms with Gasteiger partial charge in [0.05, 0.1) is 12.3 Å². The number of carboxylic acid groups (broad SMARTS) is 1. The van der Waals surface area contributed by atoms with Gasteiger partial charge in [0, 0.05) is 30.1 Å². The second-order valence-corrected chi connectivity index (χ2v) is 4.77. The Balaban J connectivity index is 2.51. The van der Waals surface area contributed by atoms with E-state index in [0.717, 1.165) is 0 Å². The van der Waals surface area contributed by atoms with E-state index in [2.05, 4.69) is 9.98 Å². The molecule has 7 nitrogen and oxygen atoms in total. The smallest absolute Gasteiger partial charge is 0.320 e. The Hall–Kier alpha value is -1.99. The van der Waals surface area contributed by atoms with Crippen LogP contribution in [-0.4, -0.2) is 45.1 Å². The molecule has 5 N–H and O–H groups in total. The number of pyridine rings is 1. The minimum Gasteiger partial charge on any atom is -0.505 e. The number of aliphatic imine (C=N–C) groups is 1. The molecule has 0 saturated carbocycles. The number of nitrogens with zero attached hydrogens (tertiary/aromatic N) is 2. The van der Waals surface area contributed by atoms with Crippen molar-refractivity contribution in [3.05, 3.63) is 23.0 Å². The van der Waals surface area contributed by atoms with Gasteiger partial charge in [-0.1, -0.05) is 0 Å². The zero-order valence-corrected chi connectivity index (χ0v) is 12.0. The average Bonchev–Trinajstić information content (AvgIpc) is 2.46. The highest BCUT2D eigenvalue weighted by atomic mass is 16.4. The van der Waals surface area contributed by atoms with E-state index in [1.807, 2.05) is 0 Å². The third-order valence-corrected chi connectivity index (χ3v) is 3.12. The van der Waals surface area contributed by atoms with Crippen LogP contribution in [0, 0.1) is 6.92 Å². The van der Waals surface area contributed by atoms with Crippen LogP contribution in [0.2, 0.25) is 0 Å². The largest absolute Gasteiger partial charge is 0.505 e. The first-order chi connectivity index (χ1) is 9.97. The van der Waals surface area contributed by atoms with Gasteiger partial charge in [-0.15, -0.1) is 0 Å². The summed E-state index contributed by atoms with van der Waals surface area (Å²) < 4.78 is 0. The number of unbranched alkanes of at least 4 members (excludes halogenated alkanes) is 1. The molecule has 0 aliphatic heterocycles. The van der Waals surface area contributed by atoms with E-state index in [1.54, 1.807) is 6.92 Å². The van der Waals surface area contributed by atoms with E-state index in [-0.39, 0.29) is 12.4 Å². The summed E-state index contributed by atoms with van der Waals surface area (Å²) in [7, 11) is 0. The summed E-state index contributed by atoms with van der Waals surface area (Å²) in [5.74, 6) is -0.985. The van der Waals surface area contributed by atoms with Crippen molar-refractivity contribution < 1.29 is 20.1 Å². The molecule has 0 bridgehead atoms. The minimum atomic E-state index is -0.997. The van der Waals surface area contributed by atoms with Crippen molar-refractivity contribution in [2.24, 2.45) is 10.7 Å². The number of aliphatic carboxylic acids is 1. The zero-order chi connectivity index (χ0) is 15.8. The standard InChI is InChI=1S/C14H21N3O4/c1-9-13(19)11(10(8-18)6-17-9)7-16-5-3-2-4-12(15)14(20)21/h6-7,12,18-19H,2-5,8,15H2,1H3,(H,20,21)/t12-/m0/s1. The number of hydrogen-bond donors (Lipinski definition) is 4. The highest BCUT2D eigenvalue weighted by Crippen LogP contribution is 2.21. The van der Waals surface area contributed by atoms with Gasteiger partial charge in [-0.3, -0.25) is 14.8 Å². The van der Waals surface area contributed by atoms with Crippen molar-refractivity contribution in [3.8, 4) is 5.75 Å². The van der Waals surface area contributed by atoms with Gasteiger partial charge < -0.3 is 21.1 Å². The predicted molar refractivity (Wildman–Crippen MR) is 78.5 cm³/mol. The van der Waals surface area contributed by atoms with Gasteiger partial charge in [0.25, 0.3) is 0 Å². The first-order valence-corrected chi connectivity index (χ1v) is 6.73. The van der Waals surface area contributed by atoms with Crippen LogP contribution in [0.1, 0.15) is 36.1 Å². The van der Waals surface area contributed by atoms with Crippen LogP contribution in [0.4, 0.5) is 0 Å². The molecule has 7 heteroatoms. The first-order valence-electron chi connectivity index (χ1n) is 6.73. The van der Waals surface area contributed by atoms with Gasteiger partial charge in [0.15, 0.2) is 0 Å². The van der Waals surface area contributed by atoms with Crippen molar-refractivity contribution in [3.63, 3.8) is 0 Å². The maximum absolute atomic E-state index is 10.5. The summed E-state index contributed by atoms with van der Waals surface area (Å²) in [6.07, 6.45) is 4.79. The lowest BCUT2D eigenvalue weighted by atomic mass is 10.1. The summed E-state index contributed by atoms with van der Waals surface area (Å²) in [5.41, 5.74) is 6.84. The quantitative estimate of drug-likeness (QED) is 0.410. The van der Waals surface area contributed by atoms with Gasteiger partial charge >= 0.3 is 5.97 Å². The molecule has 0 saturated heterocycles. The Bertz CT molecular complexity index is 517. The molecular formula is C14H21N3O4. The monoisotopic (exact) mass is 295 g/mol. The normalized spacial score (nSPS) is 12.7. The number of carboxylic acids is 1. The van der Waals surface area contributed by atoms with Crippen LogP contribution in [0.3, 0.4) is 0 Å². The Morgan fingerprint density at radius 3 is 2.86 bits per heavy atom. The van der Waals surface area contributed by atoms with Gasteiger partial charge in [-0.25, -0.2) is 0 Å². The second-order valence-electron chi connectivity index (χ2n) is 4.77. The molecule has 0 unspecified atom stereocenters. The number of aliphatic hydroxyl groups excluding tert-OH is 1. The summed E-state index contributed by atoms with van der Waals surface area (Å²) in [6, 6.07) is -0.832. The van der Waals surface area contributed by atoms with Crippen molar-refractivity contribution in [2.45, 2.75) is 38.8 Å². The van der Waals surface area contributed by atoms with Gasteiger partial charge in [-0.05, 0) is 26.2 Å². The van der Waals surface area contributed by atoms with Crippen LogP contribution in [-0.2, 0) is 11.4 Å². The minimum absolute atomic E-state index is 0.0122. The molecule has 1 aromatic rings. The molecule has 0 fully saturated rings. The summed E-state index contributed by atoms with van der Waals surface area (Å²) in [5, 5.41) is 27.7. The maximum Gasteiger partial charge on any atom is 0.320 e. The van der Waals surface area contributed by atoms with Crippen LogP contribution < -0.4 is 5.73 Å². The molecule has 0 amide bonds. The molecule has 1 aromatic heterocycles. The Kier molecular flexibility index (Phi) is 6.77. The summed E-state index contributed by atoms with van der Waals surface area (Å²) in [4.78, 5) is 18.7. The molecule has 0 aromatic carbocycles. The number of carbonyl (C=O) groups is 1. The number of aliphatic hydroxyl groups is 1. The van der Waals surface area contributed by atoms with E-state index in [0.29, 0.717) is 42.6 Å². The summed E-state index contributed by atoms with van der Waals surface area (Å²) >= 11 is 0. The lowest BCUT2D eigenvalue weighted by molar-refractivity contribution is -0.138. The third-order valence-electron chi connectivity index (χ3n) is 3.12. The zero-order valence-electron chi connectivity index (χ0n) is 12.0. The van der Waals surface area contributed by atoms with Crippen LogP contribution >= 0.6 is 0 Å². The Morgan fingerprint density at radius 1 is 1.52 bits per heavy atom. The van der Waals surface area contributed by atoms with Crippen molar-refractivity contribution in [2.75, 3.05) is 6.54 Å². The molecule has 1 rings (SSSR count). The van der Waals surface area contributed by atoms with E-state index < -0.39 is 12.0 Å². The fraction of sp³-hybridized carbons (Fsp3) is 0.500. The second kappa shape index (κ2) is 8.33. The highest BCUT2D eigenvalue weighted by Gasteiger charge is 2.10. The van der Waals surface area contributed by atoms with E-state index in [9.17, 15) is 15.0 Å². The van der Waals surface area contributed by atoms with E-state index in [1.165, 1.54) is 12.4 Å². The van der Waals surface area contributed by atoms with Crippen molar-refractivity contribution in [1.29, 1.82) is 0 Å². The predicted octanol–water partition coefficient (Wildman–Crippen LogP) is 0.589. The van der Waals surface area contributed by atoms with Crippen molar-refractivity contribution in [1.82, 2.24) is 4.98 Å². The Morgan fingerprint density at radius 2 is 2.24 bits per heavy atom. The van der Waals surface area contributed by atoms with Crippen molar-refractivity contribution >= 4 is 12.2 Å². The Labute approximate surface area is 123 Å². The highest BCUT2D eigenvalue weighted by molar-refractivity contribution is 5.85. The van der Waals surface area contributed by atoms with Gasteiger partial charge in [0.1, 0.15) is 11.8 Å². The molecule has 0 radical (unpaired) electrons. The number of aromatic nitrogens is 1. The third kappa shape index (κ3) is 5.13. The van der Waals surface area contributed by atoms with Gasteiger partial charge in [0.2, 0.25) is 0 Å². The number of nitrogens with two attached hydrogens (primary N) is 1. The number of aromatic hydroxyl groups is 1. The van der Waals surface area contributed by atoms with E-state index >= 15 is 0 Å². The lowest BCUT2D eigenvalue weighted by Crippen LogP contribution is -2.29. The molecule has 0 aliphatic carbocycles. The fourth-order valence-electron chi connectivity index (χ4n) is 1.77. The first kappa shape index (κ1) is 17.1. The number of rotatable bonds is 8. The molecular weight excluding hydrogens is 274 g/mol. The molecule has 0 spiro atoms. The van der Waals surface area contributed by atoms with Crippen LogP contribution in [0.25, 0.3) is 0 Å². The summed E-state index contributed by atoms with van der Waals surface area (Å²) in [6.45, 7) is 1.94. The van der Waals surface area contributed by atoms with Crippen LogP contribution in [0.15, 0.2) is 11.2 Å². The van der Waals surface area contributed by atoms with Crippen LogP contribution in [0.5, 0.6) is 5.75 Å². The SMILES string of the molecule is Cc1ncc(CO)c(C=NCCCC[C@H](N)C(=O)O)c1O. The fourth-order valence-corrected chi connectivity index (χ4v) is 1.77. The lowest BCUT2D eigenvalue weighted by Gasteiger charge is -2.07. The number of aryl methyl sites for hydroxylation is 1. The molecule has 116 valence electrons. The molecule has 0 aliphatic rings. The van der Waals surface area contributed by atoms with E-state index in [4.69, 9.17) is 10.8 Å². The molecule has 1 atom stereocenters. The van der Waals surface area contributed by atoms with Gasteiger partial charge in [-0.2, -0.15) is 0 Å².